The Morgan fingerprint density at radius 1 is 1.05 bits per heavy atom. The lowest BCUT2D eigenvalue weighted by Crippen LogP contribution is -2.09. The van der Waals surface area contributed by atoms with Crippen LogP contribution in [0.4, 0.5) is 0 Å². The summed E-state index contributed by atoms with van der Waals surface area (Å²) in [6.07, 6.45) is 0. The van der Waals surface area contributed by atoms with Crippen LogP contribution in [0.1, 0.15) is 11.1 Å². The maximum atomic E-state index is 12.5. The zero-order valence-corrected chi connectivity index (χ0v) is 12.1. The number of aromatic amines is 1. The number of hydrogen-bond donors (Lipinski definition) is 1. The lowest BCUT2D eigenvalue weighted by atomic mass is 10.0. The van der Waals surface area contributed by atoms with Gasteiger partial charge in [-0.2, -0.15) is 0 Å². The Morgan fingerprint density at radius 3 is 2.45 bits per heavy atom. The van der Waals surface area contributed by atoms with Crippen LogP contribution in [0.25, 0.3) is 22.2 Å². The maximum Gasteiger partial charge on any atom is 0.192 e. The van der Waals surface area contributed by atoms with Gasteiger partial charge in [-0.15, -0.1) is 0 Å². The summed E-state index contributed by atoms with van der Waals surface area (Å²) in [5.74, 6) is 0. The van der Waals surface area contributed by atoms with Crippen LogP contribution in [0.3, 0.4) is 0 Å². The molecule has 0 bridgehead atoms. The zero-order valence-electron chi connectivity index (χ0n) is 11.3. The van der Waals surface area contributed by atoms with Gasteiger partial charge in [-0.1, -0.05) is 41.9 Å². The smallest absolute Gasteiger partial charge is 0.192 e. The molecule has 0 saturated heterocycles. The Bertz CT molecular complexity index is 850. The molecule has 1 heterocycles. The Kier molecular flexibility index (Phi) is 3.11. The largest absolute Gasteiger partial charge is 0.354 e. The van der Waals surface area contributed by atoms with E-state index < -0.39 is 0 Å². The molecule has 3 heteroatoms. The highest BCUT2D eigenvalue weighted by atomic mass is 35.5. The number of pyridine rings is 1. The third-order valence-corrected chi connectivity index (χ3v) is 3.99. The van der Waals surface area contributed by atoms with E-state index in [0.717, 1.165) is 27.9 Å². The van der Waals surface area contributed by atoms with Crippen LogP contribution in [0.5, 0.6) is 0 Å². The first-order valence-electron chi connectivity index (χ1n) is 6.46. The van der Waals surface area contributed by atoms with Crippen molar-refractivity contribution in [3.8, 4) is 11.3 Å². The predicted octanol–water partition coefficient (Wildman–Crippen LogP) is 4.47. The summed E-state index contributed by atoms with van der Waals surface area (Å²) in [7, 11) is 0. The van der Waals surface area contributed by atoms with Crippen molar-refractivity contribution < 1.29 is 0 Å². The Balaban J connectivity index is 2.39. The van der Waals surface area contributed by atoms with Crippen molar-refractivity contribution in [2.24, 2.45) is 0 Å². The van der Waals surface area contributed by atoms with E-state index in [2.05, 4.69) is 4.98 Å². The number of aromatic nitrogens is 1. The number of hydrogen-bond acceptors (Lipinski definition) is 1. The van der Waals surface area contributed by atoms with Crippen molar-refractivity contribution in [2.45, 2.75) is 13.8 Å². The third-order valence-electron chi connectivity index (χ3n) is 3.58. The second kappa shape index (κ2) is 4.80. The minimum atomic E-state index is 0.0531. The number of aryl methyl sites for hydroxylation is 1. The first-order valence-corrected chi connectivity index (χ1v) is 6.84. The highest BCUT2D eigenvalue weighted by molar-refractivity contribution is 6.32. The molecule has 0 amide bonds. The summed E-state index contributed by atoms with van der Waals surface area (Å²) in [5.41, 5.74) is 4.32. The van der Waals surface area contributed by atoms with Crippen LogP contribution in [0.15, 0.2) is 47.3 Å². The average Bonchev–Trinajstić information content (AvgIpc) is 2.46. The summed E-state index contributed by atoms with van der Waals surface area (Å²) in [4.78, 5) is 15.9. The van der Waals surface area contributed by atoms with Gasteiger partial charge in [-0.05, 0) is 37.1 Å². The van der Waals surface area contributed by atoms with E-state index in [1.807, 2.05) is 56.3 Å². The molecule has 0 aliphatic heterocycles. The van der Waals surface area contributed by atoms with Crippen LogP contribution in [0, 0.1) is 13.8 Å². The molecular weight excluding hydrogens is 270 g/mol. The fourth-order valence-corrected chi connectivity index (χ4v) is 2.57. The molecule has 3 aromatic rings. The number of fused-ring (bicyclic) bond motifs is 1. The summed E-state index contributed by atoms with van der Waals surface area (Å²) in [5, 5.41) is 1.35. The summed E-state index contributed by atoms with van der Waals surface area (Å²) in [6.45, 7) is 3.76. The Labute approximate surface area is 122 Å². The number of nitrogens with one attached hydrogen (secondary N) is 1. The van der Waals surface area contributed by atoms with E-state index in [0.29, 0.717) is 10.4 Å². The Morgan fingerprint density at radius 2 is 1.75 bits per heavy atom. The lowest BCUT2D eigenvalue weighted by molar-refractivity contribution is 1.29. The van der Waals surface area contributed by atoms with Gasteiger partial charge in [0.1, 0.15) is 0 Å². The van der Waals surface area contributed by atoms with Crippen LogP contribution >= 0.6 is 11.6 Å². The second-order valence-electron chi connectivity index (χ2n) is 4.97. The maximum absolute atomic E-state index is 12.5. The van der Waals surface area contributed by atoms with Crippen molar-refractivity contribution in [1.29, 1.82) is 0 Å². The average molecular weight is 284 g/mol. The number of benzene rings is 2. The van der Waals surface area contributed by atoms with Gasteiger partial charge in [0.05, 0.1) is 11.2 Å². The molecule has 0 fully saturated rings. The van der Waals surface area contributed by atoms with Crippen LogP contribution < -0.4 is 5.43 Å². The number of rotatable bonds is 1. The topological polar surface area (TPSA) is 32.9 Å². The quantitative estimate of drug-likeness (QED) is 0.702. The molecule has 20 heavy (non-hydrogen) atoms. The molecule has 0 aliphatic rings. The van der Waals surface area contributed by atoms with Gasteiger partial charge in [0.15, 0.2) is 5.43 Å². The normalized spacial score (nSPS) is 10.9. The molecule has 0 spiro atoms. The van der Waals surface area contributed by atoms with Crippen molar-refractivity contribution in [3.05, 3.63) is 68.8 Å². The number of halogens is 1. The molecule has 1 aromatic heterocycles. The molecule has 3 rings (SSSR count). The van der Waals surface area contributed by atoms with Gasteiger partial charge < -0.3 is 4.98 Å². The highest BCUT2D eigenvalue weighted by Crippen LogP contribution is 2.25. The van der Waals surface area contributed by atoms with Gasteiger partial charge in [0.25, 0.3) is 0 Å². The molecule has 0 atom stereocenters. The SMILES string of the molecule is Cc1cc2c(=O)c(C)c(-c3ccccc3)[nH]c2cc1Cl. The van der Waals surface area contributed by atoms with E-state index in [-0.39, 0.29) is 5.43 Å². The summed E-state index contributed by atoms with van der Waals surface area (Å²) >= 11 is 6.16. The monoisotopic (exact) mass is 283 g/mol. The minimum Gasteiger partial charge on any atom is -0.354 e. The first kappa shape index (κ1) is 12.9. The molecule has 0 radical (unpaired) electrons. The van der Waals surface area contributed by atoms with E-state index in [1.165, 1.54) is 0 Å². The number of H-pyrrole nitrogens is 1. The van der Waals surface area contributed by atoms with Crippen molar-refractivity contribution >= 4 is 22.5 Å². The van der Waals surface area contributed by atoms with E-state index in [9.17, 15) is 4.79 Å². The first-order chi connectivity index (χ1) is 9.58. The predicted molar refractivity (Wildman–Crippen MR) is 84.5 cm³/mol. The van der Waals surface area contributed by atoms with Gasteiger partial charge in [-0.25, -0.2) is 0 Å². The molecule has 1 N–H and O–H groups in total. The van der Waals surface area contributed by atoms with Crippen molar-refractivity contribution in [3.63, 3.8) is 0 Å². The molecule has 0 saturated carbocycles. The van der Waals surface area contributed by atoms with E-state index >= 15 is 0 Å². The van der Waals surface area contributed by atoms with Crippen LogP contribution in [0.2, 0.25) is 5.02 Å². The zero-order chi connectivity index (χ0) is 14.3. The van der Waals surface area contributed by atoms with Gasteiger partial charge in [0.2, 0.25) is 0 Å². The highest BCUT2D eigenvalue weighted by Gasteiger charge is 2.11. The standard InChI is InChI=1S/C17H14ClNO/c1-10-8-13-15(9-14(10)18)19-16(11(2)17(13)20)12-6-4-3-5-7-12/h3-9H,1-2H3,(H,19,20). The molecule has 100 valence electrons. The molecule has 2 nitrogen and oxygen atoms in total. The summed E-state index contributed by atoms with van der Waals surface area (Å²) < 4.78 is 0. The van der Waals surface area contributed by atoms with Gasteiger partial charge in [0, 0.05) is 16.0 Å². The van der Waals surface area contributed by atoms with Gasteiger partial charge >= 0.3 is 0 Å². The van der Waals surface area contributed by atoms with Gasteiger partial charge in [-0.3, -0.25) is 4.79 Å². The van der Waals surface area contributed by atoms with Crippen molar-refractivity contribution in [1.82, 2.24) is 4.98 Å². The van der Waals surface area contributed by atoms with Crippen LogP contribution in [-0.4, -0.2) is 4.98 Å². The third kappa shape index (κ3) is 2.02. The fourth-order valence-electron chi connectivity index (χ4n) is 2.41. The molecule has 2 aromatic carbocycles. The Hall–Kier alpha value is -2.06. The lowest BCUT2D eigenvalue weighted by Gasteiger charge is -2.10. The minimum absolute atomic E-state index is 0.0531. The molecule has 0 unspecified atom stereocenters. The van der Waals surface area contributed by atoms with Crippen molar-refractivity contribution in [2.75, 3.05) is 0 Å². The van der Waals surface area contributed by atoms with Crippen LogP contribution in [-0.2, 0) is 0 Å². The summed E-state index contributed by atoms with van der Waals surface area (Å²) in [6, 6.07) is 13.5. The second-order valence-corrected chi connectivity index (χ2v) is 5.37. The molecule has 0 aliphatic carbocycles. The van der Waals surface area contributed by atoms with E-state index in [4.69, 9.17) is 11.6 Å². The van der Waals surface area contributed by atoms with E-state index in [1.54, 1.807) is 0 Å². The molecular formula is C17H14ClNO. The fraction of sp³-hybridized carbons (Fsp3) is 0.118.